The standard InChI is InChI=1S/C10H20O2/c1-4-10(3)8(11)6-5-7(2)9(10)12/h7-9,11-12H,4-6H2,1-3H3. The van der Waals surface area contributed by atoms with E-state index in [1.54, 1.807) is 0 Å². The second-order valence-electron chi connectivity index (χ2n) is 4.37. The Morgan fingerprint density at radius 3 is 2.33 bits per heavy atom. The molecule has 0 saturated heterocycles. The van der Waals surface area contributed by atoms with Gasteiger partial charge in [0.05, 0.1) is 12.2 Å². The molecular weight excluding hydrogens is 152 g/mol. The summed E-state index contributed by atoms with van der Waals surface area (Å²) in [6.07, 6.45) is 1.96. The third-order valence-corrected chi connectivity index (χ3v) is 3.63. The first kappa shape index (κ1) is 10.0. The van der Waals surface area contributed by atoms with Crippen LogP contribution in [0.5, 0.6) is 0 Å². The Bertz CT molecular complexity index is 158. The molecule has 72 valence electrons. The summed E-state index contributed by atoms with van der Waals surface area (Å²) in [5, 5.41) is 19.7. The number of rotatable bonds is 1. The number of aliphatic hydroxyl groups excluding tert-OH is 2. The summed E-state index contributed by atoms with van der Waals surface area (Å²) < 4.78 is 0. The Hall–Kier alpha value is -0.0800. The normalized spacial score (nSPS) is 49.2. The zero-order chi connectivity index (χ0) is 9.35. The first-order chi connectivity index (χ1) is 5.52. The van der Waals surface area contributed by atoms with Gasteiger partial charge in [0.25, 0.3) is 0 Å². The Balaban J connectivity index is 2.78. The van der Waals surface area contributed by atoms with Crippen LogP contribution in [0.2, 0.25) is 0 Å². The molecule has 0 radical (unpaired) electrons. The molecule has 1 aliphatic rings. The first-order valence-electron chi connectivity index (χ1n) is 4.88. The molecule has 2 heteroatoms. The van der Waals surface area contributed by atoms with Crippen LogP contribution in [0.1, 0.15) is 40.0 Å². The summed E-state index contributed by atoms with van der Waals surface area (Å²) in [5.41, 5.74) is -0.280. The van der Waals surface area contributed by atoms with E-state index in [0.717, 1.165) is 19.3 Å². The monoisotopic (exact) mass is 172 g/mol. The molecule has 0 spiro atoms. The molecule has 0 bridgehead atoms. The van der Waals surface area contributed by atoms with Crippen molar-refractivity contribution in [2.24, 2.45) is 11.3 Å². The average Bonchev–Trinajstić information content (AvgIpc) is 2.08. The van der Waals surface area contributed by atoms with Crippen LogP contribution in [0.4, 0.5) is 0 Å². The van der Waals surface area contributed by atoms with Gasteiger partial charge in [-0.05, 0) is 25.2 Å². The van der Waals surface area contributed by atoms with Crippen molar-refractivity contribution in [1.82, 2.24) is 0 Å². The number of hydrogen-bond acceptors (Lipinski definition) is 2. The molecule has 2 N–H and O–H groups in total. The molecule has 1 rings (SSSR count). The lowest BCUT2D eigenvalue weighted by Gasteiger charge is -2.45. The van der Waals surface area contributed by atoms with Crippen molar-refractivity contribution in [2.75, 3.05) is 0 Å². The van der Waals surface area contributed by atoms with Crippen LogP contribution in [0, 0.1) is 11.3 Å². The molecule has 1 aliphatic carbocycles. The predicted molar refractivity (Wildman–Crippen MR) is 48.8 cm³/mol. The van der Waals surface area contributed by atoms with Crippen LogP contribution in [-0.4, -0.2) is 22.4 Å². The van der Waals surface area contributed by atoms with Crippen LogP contribution < -0.4 is 0 Å². The smallest absolute Gasteiger partial charge is 0.0643 e. The molecule has 0 amide bonds. The van der Waals surface area contributed by atoms with Crippen LogP contribution in [-0.2, 0) is 0 Å². The highest BCUT2D eigenvalue weighted by atomic mass is 16.3. The molecule has 4 unspecified atom stereocenters. The maximum absolute atomic E-state index is 9.91. The minimum atomic E-state index is -0.341. The lowest BCUT2D eigenvalue weighted by Crippen LogP contribution is -2.49. The highest BCUT2D eigenvalue weighted by molar-refractivity contribution is 4.94. The van der Waals surface area contributed by atoms with Gasteiger partial charge in [0, 0.05) is 5.41 Å². The van der Waals surface area contributed by atoms with Crippen LogP contribution >= 0.6 is 0 Å². The van der Waals surface area contributed by atoms with Crippen molar-refractivity contribution in [3.63, 3.8) is 0 Å². The second-order valence-corrected chi connectivity index (χ2v) is 4.37. The van der Waals surface area contributed by atoms with Gasteiger partial charge in [-0.3, -0.25) is 0 Å². The summed E-state index contributed by atoms with van der Waals surface area (Å²) in [7, 11) is 0. The summed E-state index contributed by atoms with van der Waals surface area (Å²) >= 11 is 0. The van der Waals surface area contributed by atoms with Crippen LogP contribution in [0.25, 0.3) is 0 Å². The topological polar surface area (TPSA) is 40.5 Å². The van der Waals surface area contributed by atoms with Crippen molar-refractivity contribution in [3.05, 3.63) is 0 Å². The van der Waals surface area contributed by atoms with Gasteiger partial charge in [-0.2, -0.15) is 0 Å². The molecule has 0 heterocycles. The van der Waals surface area contributed by atoms with Crippen molar-refractivity contribution >= 4 is 0 Å². The van der Waals surface area contributed by atoms with E-state index in [9.17, 15) is 10.2 Å². The summed E-state index contributed by atoms with van der Waals surface area (Å²) in [5.74, 6) is 0.332. The predicted octanol–water partition coefficient (Wildman–Crippen LogP) is 1.55. The van der Waals surface area contributed by atoms with Crippen molar-refractivity contribution in [2.45, 2.75) is 52.2 Å². The van der Waals surface area contributed by atoms with Gasteiger partial charge >= 0.3 is 0 Å². The van der Waals surface area contributed by atoms with Gasteiger partial charge < -0.3 is 10.2 Å². The molecule has 0 aliphatic heterocycles. The Kier molecular flexibility index (Phi) is 2.79. The maximum Gasteiger partial charge on any atom is 0.0643 e. The van der Waals surface area contributed by atoms with Crippen molar-refractivity contribution < 1.29 is 10.2 Å². The van der Waals surface area contributed by atoms with E-state index in [-0.39, 0.29) is 17.6 Å². The van der Waals surface area contributed by atoms with Gasteiger partial charge in [-0.15, -0.1) is 0 Å². The van der Waals surface area contributed by atoms with Crippen LogP contribution in [0.3, 0.4) is 0 Å². The molecule has 1 saturated carbocycles. The number of hydrogen-bond donors (Lipinski definition) is 2. The van der Waals surface area contributed by atoms with Crippen molar-refractivity contribution in [3.8, 4) is 0 Å². The van der Waals surface area contributed by atoms with E-state index in [0.29, 0.717) is 5.92 Å². The minimum absolute atomic E-state index is 0.280. The SMILES string of the molecule is CCC1(C)C(O)CCC(C)C1O. The molecule has 0 aromatic carbocycles. The van der Waals surface area contributed by atoms with Gasteiger partial charge in [0.1, 0.15) is 0 Å². The fourth-order valence-corrected chi connectivity index (χ4v) is 2.20. The highest BCUT2D eigenvalue weighted by Gasteiger charge is 2.44. The Morgan fingerprint density at radius 1 is 1.33 bits per heavy atom. The third-order valence-electron chi connectivity index (χ3n) is 3.63. The zero-order valence-corrected chi connectivity index (χ0v) is 8.25. The molecule has 2 nitrogen and oxygen atoms in total. The van der Waals surface area contributed by atoms with Gasteiger partial charge in [-0.25, -0.2) is 0 Å². The first-order valence-corrected chi connectivity index (χ1v) is 4.88. The fraction of sp³-hybridized carbons (Fsp3) is 1.00. The van der Waals surface area contributed by atoms with E-state index >= 15 is 0 Å². The van der Waals surface area contributed by atoms with Crippen molar-refractivity contribution in [1.29, 1.82) is 0 Å². The summed E-state index contributed by atoms with van der Waals surface area (Å²) in [6, 6.07) is 0. The summed E-state index contributed by atoms with van der Waals surface area (Å²) in [6.45, 7) is 6.08. The van der Waals surface area contributed by atoms with E-state index < -0.39 is 0 Å². The lowest BCUT2D eigenvalue weighted by molar-refractivity contribution is -0.116. The second kappa shape index (κ2) is 3.35. The fourth-order valence-electron chi connectivity index (χ4n) is 2.20. The number of aliphatic hydroxyl groups is 2. The third kappa shape index (κ3) is 1.38. The Labute approximate surface area is 74.6 Å². The average molecular weight is 172 g/mol. The van der Waals surface area contributed by atoms with Gasteiger partial charge in [0.15, 0.2) is 0 Å². The largest absolute Gasteiger partial charge is 0.392 e. The highest BCUT2D eigenvalue weighted by Crippen LogP contribution is 2.41. The van der Waals surface area contributed by atoms with E-state index in [2.05, 4.69) is 6.92 Å². The van der Waals surface area contributed by atoms with E-state index in [1.807, 2.05) is 13.8 Å². The van der Waals surface area contributed by atoms with E-state index in [1.165, 1.54) is 0 Å². The molecule has 0 aromatic heterocycles. The maximum atomic E-state index is 9.91. The quantitative estimate of drug-likeness (QED) is 0.630. The molecule has 0 aromatic rings. The molecule has 4 atom stereocenters. The molecular formula is C10H20O2. The van der Waals surface area contributed by atoms with Gasteiger partial charge in [0.2, 0.25) is 0 Å². The summed E-state index contributed by atoms with van der Waals surface area (Å²) in [4.78, 5) is 0. The lowest BCUT2D eigenvalue weighted by atomic mass is 9.66. The zero-order valence-electron chi connectivity index (χ0n) is 8.25. The molecule has 1 fully saturated rings. The van der Waals surface area contributed by atoms with Crippen LogP contribution in [0.15, 0.2) is 0 Å². The Morgan fingerprint density at radius 2 is 1.92 bits per heavy atom. The van der Waals surface area contributed by atoms with Gasteiger partial charge in [-0.1, -0.05) is 20.8 Å². The van der Waals surface area contributed by atoms with E-state index in [4.69, 9.17) is 0 Å². The molecule has 12 heavy (non-hydrogen) atoms. The minimum Gasteiger partial charge on any atom is -0.392 e.